The van der Waals surface area contributed by atoms with Gasteiger partial charge in [0, 0.05) is 6.20 Å². The van der Waals surface area contributed by atoms with Crippen molar-refractivity contribution in [3.05, 3.63) is 18.0 Å². The molecular weight excluding hydrogens is 496 g/mol. The molecule has 5 heteroatoms. The lowest BCUT2D eigenvalue weighted by molar-refractivity contribution is -0.127. The number of hydrogen-bond donors (Lipinski definition) is 1. The minimum Gasteiger partial charge on any atom is -0.411 e. The van der Waals surface area contributed by atoms with Gasteiger partial charge in [0.25, 0.3) is 0 Å². The Hall–Kier alpha value is -0.653. The van der Waals surface area contributed by atoms with Crippen molar-refractivity contribution >= 4 is 8.32 Å². The predicted molar refractivity (Wildman–Crippen MR) is 164 cm³/mol. The van der Waals surface area contributed by atoms with Gasteiger partial charge in [-0.1, -0.05) is 41.0 Å². The third kappa shape index (κ3) is 5.35. The molecule has 0 amide bonds. The Kier molecular flexibility index (Phi) is 7.85. The van der Waals surface area contributed by atoms with Crippen LogP contribution in [0.3, 0.4) is 0 Å². The highest BCUT2D eigenvalue weighted by atomic mass is 28.4. The molecular formula is C34H60N2O2Si. The summed E-state index contributed by atoms with van der Waals surface area (Å²) in [5, 5.41) is 16.6. The molecule has 0 saturated heterocycles. The summed E-state index contributed by atoms with van der Waals surface area (Å²) in [6, 6.07) is 0. The zero-order chi connectivity index (χ0) is 28.4. The maximum atomic E-state index is 11.9. The highest BCUT2D eigenvalue weighted by Gasteiger charge is 2.61. The second-order valence-corrected chi connectivity index (χ2v) is 21.4. The van der Waals surface area contributed by atoms with Crippen LogP contribution < -0.4 is 0 Å². The average Bonchev–Trinajstić information content (AvgIpc) is 3.39. The van der Waals surface area contributed by atoms with Gasteiger partial charge in [-0.2, -0.15) is 5.10 Å². The smallest absolute Gasteiger partial charge is 0.192 e. The Morgan fingerprint density at radius 1 is 1.03 bits per heavy atom. The molecule has 0 bridgehead atoms. The number of nitrogens with zero attached hydrogens (tertiary/aromatic N) is 2. The van der Waals surface area contributed by atoms with E-state index in [1.807, 2.05) is 10.9 Å². The first-order valence-corrected chi connectivity index (χ1v) is 19.4. The van der Waals surface area contributed by atoms with Crippen LogP contribution in [0.25, 0.3) is 0 Å². The van der Waals surface area contributed by atoms with Crippen LogP contribution >= 0.6 is 0 Å². The Bertz CT molecular complexity index is 1010. The van der Waals surface area contributed by atoms with Gasteiger partial charge >= 0.3 is 0 Å². The monoisotopic (exact) mass is 556 g/mol. The number of rotatable bonds is 7. The van der Waals surface area contributed by atoms with Crippen molar-refractivity contribution in [1.29, 1.82) is 0 Å². The van der Waals surface area contributed by atoms with Crippen LogP contribution in [0.4, 0.5) is 0 Å². The largest absolute Gasteiger partial charge is 0.411 e. The van der Waals surface area contributed by atoms with Crippen molar-refractivity contribution < 1.29 is 9.53 Å². The number of hydrogen-bond acceptors (Lipinski definition) is 3. The van der Waals surface area contributed by atoms with E-state index in [2.05, 4.69) is 72.9 Å². The van der Waals surface area contributed by atoms with E-state index >= 15 is 0 Å². The fourth-order valence-corrected chi connectivity index (χ4v) is 12.2. The minimum absolute atomic E-state index is 0.122. The van der Waals surface area contributed by atoms with Gasteiger partial charge in [-0.25, -0.2) is 0 Å². The van der Waals surface area contributed by atoms with E-state index in [9.17, 15) is 5.11 Å². The molecule has 0 aliphatic heterocycles. The summed E-state index contributed by atoms with van der Waals surface area (Å²) < 4.78 is 9.32. The lowest BCUT2D eigenvalue weighted by atomic mass is 9.48. The van der Waals surface area contributed by atoms with Crippen LogP contribution in [0.5, 0.6) is 0 Å². The second-order valence-electron chi connectivity index (χ2n) is 16.7. The highest BCUT2D eigenvalue weighted by Crippen LogP contribution is 2.66. The molecule has 1 unspecified atom stereocenters. The molecule has 1 N–H and O–H groups in total. The van der Waals surface area contributed by atoms with Gasteiger partial charge in [-0.05, 0) is 143 Å². The Morgan fingerprint density at radius 3 is 2.38 bits per heavy atom. The van der Waals surface area contributed by atoms with Crippen LogP contribution in [-0.4, -0.2) is 34.4 Å². The van der Waals surface area contributed by atoms with E-state index in [-0.39, 0.29) is 16.1 Å². The fraction of sp³-hybridized carbons (Fsp3) is 0.912. The predicted octanol–water partition coefficient (Wildman–Crippen LogP) is 8.77. The standard InChI is InChI=1S/C34H60N2O2Si/c1-10-17-34(38-39(8,9)31(3,4)5)19-16-26-25(20-34)11-12-28-27(26)15-18-32(6)29(28)13-14-30(32)33(7,37)23-36-22-24(2)21-35-36/h21-22,25-30,37H,10-20,23H2,1-9H3/t25-,26+,27-,28-,29+,30+,32+,33-,34?/m1/s1. The van der Waals surface area contributed by atoms with Crippen LogP contribution in [0.15, 0.2) is 12.4 Å². The van der Waals surface area contributed by atoms with Gasteiger partial charge in [0.05, 0.1) is 23.9 Å². The second kappa shape index (κ2) is 10.3. The number of fused-ring (bicyclic) bond motifs is 5. The molecule has 9 atom stereocenters. The van der Waals surface area contributed by atoms with Gasteiger partial charge < -0.3 is 9.53 Å². The SMILES string of the molecule is CCCC1(O[Si](C)(C)C(C)(C)C)CC[C@H]2[C@H](CC[C@@H]3[C@@H]2CC[C@@]2(C)[C@H]3CC[C@@H]2[C@](C)(O)Cn2cc(C)cn2)C1. The third-order valence-electron chi connectivity index (χ3n) is 13.1. The molecule has 4 fully saturated rings. The molecule has 0 radical (unpaired) electrons. The Labute approximate surface area is 241 Å². The minimum atomic E-state index is -1.80. The van der Waals surface area contributed by atoms with Gasteiger partial charge in [0.2, 0.25) is 0 Å². The molecule has 4 aliphatic rings. The van der Waals surface area contributed by atoms with Crippen molar-refractivity contribution in [2.24, 2.45) is 40.9 Å². The lowest BCUT2D eigenvalue weighted by Crippen LogP contribution is -2.56. The molecule has 1 aromatic rings. The summed E-state index contributed by atoms with van der Waals surface area (Å²) in [4.78, 5) is 0. The molecule has 1 heterocycles. The van der Waals surface area contributed by atoms with Gasteiger partial charge in [-0.15, -0.1) is 0 Å². The third-order valence-corrected chi connectivity index (χ3v) is 17.6. The topological polar surface area (TPSA) is 47.3 Å². The zero-order valence-corrected chi connectivity index (χ0v) is 27.9. The number of aliphatic hydroxyl groups is 1. The number of aryl methyl sites for hydroxylation is 1. The summed E-state index contributed by atoms with van der Waals surface area (Å²) in [5.41, 5.74) is 0.837. The van der Waals surface area contributed by atoms with Crippen molar-refractivity contribution in [2.75, 3.05) is 0 Å². The maximum Gasteiger partial charge on any atom is 0.192 e. The highest BCUT2D eigenvalue weighted by molar-refractivity contribution is 6.74. The maximum absolute atomic E-state index is 11.9. The molecule has 1 aromatic heterocycles. The van der Waals surface area contributed by atoms with Crippen molar-refractivity contribution in [3.63, 3.8) is 0 Å². The van der Waals surface area contributed by atoms with Crippen molar-refractivity contribution in [1.82, 2.24) is 9.78 Å². The summed E-state index contributed by atoms with van der Waals surface area (Å²) in [6.07, 6.45) is 18.4. The fourth-order valence-electron chi connectivity index (χ4n) is 10.5. The van der Waals surface area contributed by atoms with Crippen LogP contribution in [0, 0.1) is 47.8 Å². The van der Waals surface area contributed by atoms with E-state index in [0.717, 1.165) is 29.6 Å². The van der Waals surface area contributed by atoms with E-state index in [0.29, 0.717) is 12.5 Å². The lowest BCUT2D eigenvalue weighted by Gasteiger charge is -2.59. The summed E-state index contributed by atoms with van der Waals surface area (Å²) in [7, 11) is -1.80. The molecule has 4 saturated carbocycles. The van der Waals surface area contributed by atoms with Crippen LogP contribution in [0.2, 0.25) is 18.1 Å². The van der Waals surface area contributed by atoms with Crippen LogP contribution in [-0.2, 0) is 11.0 Å². The van der Waals surface area contributed by atoms with Gasteiger partial charge in [0.1, 0.15) is 0 Å². The van der Waals surface area contributed by atoms with Crippen molar-refractivity contribution in [2.45, 2.75) is 155 Å². The van der Waals surface area contributed by atoms with E-state index < -0.39 is 13.9 Å². The normalized spacial score (nSPS) is 40.5. The zero-order valence-electron chi connectivity index (χ0n) is 26.9. The average molecular weight is 557 g/mol. The molecule has 4 nitrogen and oxygen atoms in total. The summed E-state index contributed by atoms with van der Waals surface area (Å²) >= 11 is 0. The summed E-state index contributed by atoms with van der Waals surface area (Å²) in [5.74, 6) is 4.64. The molecule has 5 rings (SSSR count). The van der Waals surface area contributed by atoms with Gasteiger partial charge in [-0.3, -0.25) is 4.68 Å². The van der Waals surface area contributed by atoms with E-state index in [4.69, 9.17) is 4.43 Å². The molecule has 39 heavy (non-hydrogen) atoms. The first-order chi connectivity index (χ1) is 18.1. The quantitative estimate of drug-likeness (QED) is 0.341. The molecule has 222 valence electrons. The van der Waals surface area contributed by atoms with Crippen molar-refractivity contribution in [3.8, 4) is 0 Å². The molecule has 4 aliphatic carbocycles. The van der Waals surface area contributed by atoms with Gasteiger partial charge in [0.15, 0.2) is 8.32 Å². The van der Waals surface area contributed by atoms with Crippen LogP contribution in [0.1, 0.15) is 118 Å². The first kappa shape index (κ1) is 29.8. The number of aromatic nitrogens is 2. The summed E-state index contributed by atoms with van der Waals surface area (Å²) in [6.45, 7) is 21.8. The first-order valence-electron chi connectivity index (χ1n) is 16.5. The molecule has 0 aromatic carbocycles. The Balaban J connectivity index is 1.30. The Morgan fingerprint density at radius 2 is 1.74 bits per heavy atom. The van der Waals surface area contributed by atoms with E-state index in [1.165, 1.54) is 76.2 Å². The van der Waals surface area contributed by atoms with E-state index in [1.54, 1.807) is 0 Å². The molecule has 0 spiro atoms.